The van der Waals surface area contributed by atoms with Crippen molar-refractivity contribution in [2.24, 2.45) is 5.92 Å². The maximum Gasteiger partial charge on any atom is 0.270 e. The van der Waals surface area contributed by atoms with E-state index in [0.29, 0.717) is 0 Å². The van der Waals surface area contributed by atoms with Gasteiger partial charge in [-0.05, 0) is 38.4 Å². The molecule has 1 rings (SSSR count). The maximum atomic E-state index is 2.67. The lowest BCUT2D eigenvalue weighted by atomic mass is 9.72. The zero-order valence-corrected chi connectivity index (χ0v) is 14.4. The van der Waals surface area contributed by atoms with Crippen LogP contribution in [-0.4, -0.2) is 56.4 Å². The van der Waals surface area contributed by atoms with Crippen molar-refractivity contribution in [2.75, 3.05) is 19.6 Å². The molecule has 1 fully saturated rings. The van der Waals surface area contributed by atoms with Gasteiger partial charge in [-0.3, -0.25) is 0 Å². The van der Waals surface area contributed by atoms with E-state index in [1.807, 2.05) is 0 Å². The van der Waals surface area contributed by atoms with Crippen LogP contribution in [0.5, 0.6) is 0 Å². The van der Waals surface area contributed by atoms with Crippen molar-refractivity contribution in [3.05, 3.63) is 0 Å². The van der Waals surface area contributed by atoms with Crippen LogP contribution in [0.2, 0.25) is 0 Å². The molecule has 0 aromatic heterocycles. The van der Waals surface area contributed by atoms with Crippen molar-refractivity contribution in [2.45, 2.75) is 66.2 Å². The van der Waals surface area contributed by atoms with Gasteiger partial charge in [0.15, 0.2) is 0 Å². The number of hydrogen-bond donors (Lipinski definition) is 0. The molecule has 1 heterocycles. The molecule has 0 aliphatic carbocycles. The standard InChI is InChI=1S/C14H34B3N3/c1-5-9-11-18-15-19(12-10-6-2)17-20(16-18)13-14(7-3)8-4/h14-17H,5-13H2,1-4H3. The second-order valence-electron chi connectivity index (χ2n) is 6.46. The Morgan fingerprint density at radius 3 is 1.55 bits per heavy atom. The third-order valence-corrected chi connectivity index (χ3v) is 4.53. The van der Waals surface area contributed by atoms with Crippen LogP contribution in [0.3, 0.4) is 0 Å². The van der Waals surface area contributed by atoms with Gasteiger partial charge in [-0.25, -0.2) is 0 Å². The first-order valence-corrected chi connectivity index (χ1v) is 8.90. The Labute approximate surface area is 129 Å². The summed E-state index contributed by atoms with van der Waals surface area (Å²) in [6.45, 7) is 13.1. The van der Waals surface area contributed by atoms with E-state index >= 15 is 0 Å². The largest absolute Gasteiger partial charge is 0.363 e. The highest BCUT2D eigenvalue weighted by Crippen LogP contribution is 2.12. The topological polar surface area (TPSA) is 9.72 Å². The molecule has 0 aromatic rings. The Bertz CT molecular complexity index is 224. The molecule has 0 N–H and O–H groups in total. The first-order valence-electron chi connectivity index (χ1n) is 8.90. The lowest BCUT2D eigenvalue weighted by Gasteiger charge is -2.41. The molecule has 0 saturated carbocycles. The quantitative estimate of drug-likeness (QED) is 0.563. The summed E-state index contributed by atoms with van der Waals surface area (Å²) in [5.41, 5.74) is 0. The van der Waals surface area contributed by atoms with Crippen LogP contribution in [0.1, 0.15) is 66.2 Å². The molecule has 6 heteroatoms. The fourth-order valence-corrected chi connectivity index (χ4v) is 3.06. The minimum absolute atomic E-state index is 0.870. The molecule has 0 spiro atoms. The summed E-state index contributed by atoms with van der Waals surface area (Å²) < 4.78 is 7.96. The van der Waals surface area contributed by atoms with Crippen molar-refractivity contribution in [3.8, 4) is 0 Å². The summed E-state index contributed by atoms with van der Waals surface area (Å²) in [6, 6.07) is 0. The van der Waals surface area contributed by atoms with Crippen molar-refractivity contribution >= 4 is 22.6 Å². The Morgan fingerprint density at radius 1 is 0.700 bits per heavy atom. The van der Waals surface area contributed by atoms with E-state index in [2.05, 4.69) is 41.9 Å². The average Bonchev–Trinajstić information content (AvgIpc) is 2.48. The Morgan fingerprint density at radius 2 is 1.15 bits per heavy atom. The molecule has 1 saturated heterocycles. The zero-order valence-electron chi connectivity index (χ0n) is 14.4. The molecular weight excluding hydrogens is 243 g/mol. The molecule has 1 aliphatic rings. The minimum atomic E-state index is 0.870. The highest BCUT2D eigenvalue weighted by Gasteiger charge is 2.27. The van der Waals surface area contributed by atoms with Gasteiger partial charge < -0.3 is 14.2 Å². The van der Waals surface area contributed by atoms with E-state index in [0.717, 1.165) is 5.92 Å². The van der Waals surface area contributed by atoms with Gasteiger partial charge in [0, 0.05) is 0 Å². The van der Waals surface area contributed by atoms with Crippen LogP contribution < -0.4 is 0 Å². The van der Waals surface area contributed by atoms with Crippen molar-refractivity contribution in [3.63, 3.8) is 0 Å². The molecule has 0 radical (unpaired) electrons. The monoisotopic (exact) mass is 277 g/mol. The molecular formula is C14H34B3N3. The van der Waals surface area contributed by atoms with Gasteiger partial charge in [0.05, 0.1) is 0 Å². The zero-order chi connectivity index (χ0) is 14.8. The summed E-state index contributed by atoms with van der Waals surface area (Å²) in [5.74, 6) is 0.870. The Balaban J connectivity index is 2.49. The number of nitrogens with zero attached hydrogens (tertiary/aromatic N) is 3. The fraction of sp³-hybridized carbons (Fsp3) is 1.00. The summed E-state index contributed by atoms with van der Waals surface area (Å²) in [4.78, 5) is 0. The normalized spacial score (nSPS) is 17.9. The van der Waals surface area contributed by atoms with Gasteiger partial charge in [0.25, 0.3) is 22.6 Å². The predicted octanol–water partition coefficient (Wildman–Crippen LogP) is 1.74. The summed E-state index contributed by atoms with van der Waals surface area (Å²) in [7, 11) is 3.54. The van der Waals surface area contributed by atoms with Crippen LogP contribution >= 0.6 is 0 Å². The van der Waals surface area contributed by atoms with Gasteiger partial charge in [-0.1, -0.05) is 53.4 Å². The van der Waals surface area contributed by atoms with E-state index in [-0.39, 0.29) is 0 Å². The summed E-state index contributed by atoms with van der Waals surface area (Å²) in [6.07, 6.45) is 7.91. The van der Waals surface area contributed by atoms with E-state index < -0.39 is 0 Å². The molecule has 114 valence electrons. The third-order valence-electron chi connectivity index (χ3n) is 4.53. The van der Waals surface area contributed by atoms with Crippen LogP contribution in [0, 0.1) is 5.92 Å². The van der Waals surface area contributed by atoms with Gasteiger partial charge in [0.2, 0.25) is 0 Å². The van der Waals surface area contributed by atoms with Gasteiger partial charge in [-0.15, -0.1) is 0 Å². The number of unbranched alkanes of at least 4 members (excludes halogenated alkanes) is 2. The van der Waals surface area contributed by atoms with Gasteiger partial charge in [-0.2, -0.15) is 0 Å². The molecule has 0 aromatic carbocycles. The Hall–Kier alpha value is 0.0748. The fourth-order valence-electron chi connectivity index (χ4n) is 3.06. The molecule has 20 heavy (non-hydrogen) atoms. The first kappa shape index (κ1) is 18.1. The third kappa shape index (κ3) is 6.69. The first-order chi connectivity index (χ1) is 9.73. The summed E-state index contributed by atoms with van der Waals surface area (Å²) >= 11 is 0. The Kier molecular flexibility index (Phi) is 9.74. The van der Waals surface area contributed by atoms with Crippen LogP contribution in [0.4, 0.5) is 0 Å². The lowest BCUT2D eigenvalue weighted by molar-refractivity contribution is 0.386. The van der Waals surface area contributed by atoms with Crippen LogP contribution in [0.25, 0.3) is 0 Å². The molecule has 0 amide bonds. The highest BCUT2D eigenvalue weighted by atomic mass is 15.3. The second kappa shape index (κ2) is 10.8. The van der Waals surface area contributed by atoms with Crippen LogP contribution in [0.15, 0.2) is 0 Å². The van der Waals surface area contributed by atoms with Crippen molar-refractivity contribution in [1.82, 2.24) is 14.2 Å². The van der Waals surface area contributed by atoms with E-state index in [9.17, 15) is 0 Å². The molecule has 1 aliphatic heterocycles. The SMILES string of the molecule is CCCCN1BN(CCCC)BN(CC(CC)CC)B1. The highest BCUT2D eigenvalue weighted by molar-refractivity contribution is 6.64. The predicted molar refractivity (Wildman–Crippen MR) is 95.5 cm³/mol. The number of hydrogen-bond acceptors (Lipinski definition) is 3. The second-order valence-corrected chi connectivity index (χ2v) is 6.46. The smallest absolute Gasteiger partial charge is 0.270 e. The van der Waals surface area contributed by atoms with Crippen molar-refractivity contribution < 1.29 is 0 Å². The minimum Gasteiger partial charge on any atom is -0.363 e. The molecule has 3 nitrogen and oxygen atoms in total. The average molecular weight is 277 g/mol. The molecule has 0 atom stereocenters. The van der Waals surface area contributed by atoms with E-state index in [4.69, 9.17) is 0 Å². The van der Waals surface area contributed by atoms with Crippen LogP contribution in [-0.2, 0) is 0 Å². The molecule has 0 unspecified atom stereocenters. The number of rotatable bonds is 10. The summed E-state index contributed by atoms with van der Waals surface area (Å²) in [5, 5.41) is 0. The maximum absolute atomic E-state index is 2.67. The van der Waals surface area contributed by atoms with Gasteiger partial charge in [0.1, 0.15) is 0 Å². The van der Waals surface area contributed by atoms with E-state index in [1.165, 1.54) is 80.8 Å². The van der Waals surface area contributed by atoms with Crippen molar-refractivity contribution in [1.29, 1.82) is 0 Å². The lowest BCUT2D eigenvalue weighted by Crippen LogP contribution is -2.62. The molecule has 0 bridgehead atoms. The van der Waals surface area contributed by atoms with Gasteiger partial charge >= 0.3 is 0 Å². The van der Waals surface area contributed by atoms with E-state index in [1.54, 1.807) is 0 Å².